The van der Waals surface area contributed by atoms with E-state index in [0.29, 0.717) is 12.8 Å². The lowest BCUT2D eigenvalue weighted by molar-refractivity contribution is -0.144. The van der Waals surface area contributed by atoms with E-state index in [4.69, 9.17) is 0 Å². The first-order chi connectivity index (χ1) is 36.4. The van der Waals surface area contributed by atoms with E-state index in [9.17, 15) is 43.2 Å². The number of aromatic amines is 1. The van der Waals surface area contributed by atoms with E-state index in [1.165, 1.54) is 9.80 Å². The smallest absolute Gasteiger partial charge is 0.246 e. The summed E-state index contributed by atoms with van der Waals surface area (Å²) in [6, 6.07) is 12.5. The number of Topliss-reactive ketones (excluding diaryl/α,β-unsaturated/α-hetero) is 2. The van der Waals surface area contributed by atoms with Gasteiger partial charge < -0.3 is 46.7 Å². The minimum atomic E-state index is -1.01. The molecule has 0 spiro atoms. The Balaban J connectivity index is 1.10. The normalized spacial score (nSPS) is 22.8. The van der Waals surface area contributed by atoms with Crippen LogP contribution < -0.4 is 37.3 Å². The number of aromatic nitrogens is 1. The standard InChI is InChI=1S/C59H81N9O9/c1-33(60-9)52(72)65-50(58(3,4)5)56(76)67-31-35(25-46(67)54(74)63-42-23-15-19-37-17-11-13-21-40(37)42)27-48(70)44-29-39(69)30-45(62-44)49(71)28-36-26-47(55(75)64-43-24-16-20-38-18-12-14-22-41(38)43)68(32-36)57(77)51(59(6,7)8)66-53(73)34(2)61-10/h11-14,17-18,21-22,29-30,33-36,42-43,46-47,50-51,60-61H,15-16,19-20,23-28,31-32H2,1-10H3,(H,62,69)(H,63,74)(H,64,75)(H,65,72)(H,66,73)/t33-,34-,35+,36+,42+,43+,46-,47-,50+,51+/m0/s1. The summed E-state index contributed by atoms with van der Waals surface area (Å²) in [7, 11) is 3.29. The Morgan fingerprint density at radius 3 is 1.34 bits per heavy atom. The second-order valence-corrected chi connectivity index (χ2v) is 24.1. The zero-order valence-electron chi connectivity index (χ0n) is 46.6. The van der Waals surface area contributed by atoms with Crippen molar-refractivity contribution in [3.05, 3.63) is 105 Å². The van der Waals surface area contributed by atoms with Gasteiger partial charge in [0.1, 0.15) is 24.2 Å². The van der Waals surface area contributed by atoms with Crippen LogP contribution in [0.5, 0.6) is 0 Å². The number of hydrogen-bond acceptors (Lipinski definition) is 11. The number of hydrogen-bond donors (Lipinski definition) is 7. The average molecular weight is 1060 g/mol. The Labute approximate surface area is 452 Å². The monoisotopic (exact) mass is 1060 g/mol. The van der Waals surface area contributed by atoms with Crippen LogP contribution in [0.25, 0.3) is 0 Å². The van der Waals surface area contributed by atoms with E-state index < -0.39 is 87.7 Å². The van der Waals surface area contributed by atoms with Gasteiger partial charge in [0, 0.05) is 38.1 Å². The molecule has 2 aromatic carbocycles. The van der Waals surface area contributed by atoms with Crippen LogP contribution in [-0.4, -0.2) is 125 Å². The molecule has 3 aromatic rings. The Morgan fingerprint density at radius 2 is 0.974 bits per heavy atom. The molecule has 416 valence electrons. The number of aryl methyl sites for hydroxylation is 2. The van der Waals surface area contributed by atoms with E-state index in [2.05, 4.69) is 49.0 Å². The van der Waals surface area contributed by atoms with Gasteiger partial charge in [-0.1, -0.05) is 90.1 Å². The average Bonchev–Trinajstić information content (AvgIpc) is 4.06. The van der Waals surface area contributed by atoms with E-state index in [1.54, 1.807) is 27.9 Å². The molecule has 2 aliphatic carbocycles. The number of rotatable bonds is 18. The predicted molar refractivity (Wildman–Crippen MR) is 293 cm³/mol. The Hall–Kier alpha value is -6.53. The lowest BCUT2D eigenvalue weighted by atomic mass is 9.85. The molecule has 2 fully saturated rings. The SMILES string of the molecule is CN[C@@H](C)C(=O)N[C@H](C(=O)N1C[C@@H](CC(=O)c2cc(=O)cc(C(=O)C[C@H]3C[C@@H](C(=O)N[C@@H]4CCCc5ccccc54)N(C(=O)[C@@H](NC(=O)[C@H](C)NC)C(C)(C)C)C3)[nH]2)C[C@H]1C(=O)N[C@@H]1CCCc2ccccc21)C(C)(C)C. The number of amides is 6. The zero-order chi connectivity index (χ0) is 56.1. The summed E-state index contributed by atoms with van der Waals surface area (Å²) in [5.41, 5.74) is 2.01. The quantitative estimate of drug-likeness (QED) is 0.0867. The lowest BCUT2D eigenvalue weighted by Gasteiger charge is -2.36. The molecule has 6 amide bonds. The van der Waals surface area contributed by atoms with Crippen molar-refractivity contribution >= 4 is 47.0 Å². The molecule has 77 heavy (non-hydrogen) atoms. The molecule has 7 N–H and O–H groups in total. The molecule has 4 aliphatic rings. The first kappa shape index (κ1) is 58.2. The molecule has 0 radical (unpaired) electrons. The number of pyridine rings is 1. The van der Waals surface area contributed by atoms with Gasteiger partial charge in [0.05, 0.1) is 35.6 Å². The minimum absolute atomic E-state index is 0.0178. The molecule has 10 atom stereocenters. The highest BCUT2D eigenvalue weighted by Crippen LogP contribution is 2.36. The number of H-pyrrole nitrogens is 1. The fourth-order valence-corrected chi connectivity index (χ4v) is 11.5. The van der Waals surface area contributed by atoms with Crippen molar-refractivity contribution in [1.82, 2.24) is 46.7 Å². The largest absolute Gasteiger partial charge is 0.349 e. The summed E-state index contributed by atoms with van der Waals surface area (Å²) in [5.74, 6) is -4.49. The molecule has 0 bridgehead atoms. The van der Waals surface area contributed by atoms with E-state index >= 15 is 0 Å². The molecule has 0 saturated carbocycles. The number of likely N-dealkylation sites (N-methyl/N-ethyl adjacent to an activating group) is 2. The zero-order valence-corrected chi connectivity index (χ0v) is 46.6. The van der Waals surface area contributed by atoms with Crippen LogP contribution in [-0.2, 0) is 41.6 Å². The van der Waals surface area contributed by atoms with Crippen LogP contribution in [0.4, 0.5) is 0 Å². The van der Waals surface area contributed by atoms with Crippen LogP contribution in [0.3, 0.4) is 0 Å². The molecular weight excluding hydrogens is 979 g/mol. The molecule has 18 nitrogen and oxygen atoms in total. The van der Waals surface area contributed by atoms with Crippen LogP contribution >= 0.6 is 0 Å². The van der Waals surface area contributed by atoms with Crippen molar-refractivity contribution in [2.24, 2.45) is 22.7 Å². The second-order valence-electron chi connectivity index (χ2n) is 24.1. The Kier molecular flexibility index (Phi) is 18.4. The maximum atomic E-state index is 14.7. The summed E-state index contributed by atoms with van der Waals surface area (Å²) < 4.78 is 0. The number of likely N-dealkylation sites (tertiary alicyclic amines) is 2. The van der Waals surface area contributed by atoms with Crippen molar-refractivity contribution in [2.45, 2.75) is 168 Å². The van der Waals surface area contributed by atoms with Crippen molar-refractivity contribution in [3.8, 4) is 0 Å². The Bertz CT molecular complexity index is 2600. The van der Waals surface area contributed by atoms with Crippen LogP contribution in [0.2, 0.25) is 0 Å². The molecule has 7 rings (SSSR count). The highest BCUT2D eigenvalue weighted by molar-refractivity contribution is 5.99. The van der Waals surface area contributed by atoms with Gasteiger partial charge in [-0.15, -0.1) is 0 Å². The van der Waals surface area contributed by atoms with Crippen molar-refractivity contribution < 1.29 is 38.4 Å². The number of carbonyl (C=O) groups is 8. The third-order valence-electron chi connectivity index (χ3n) is 16.2. The summed E-state index contributed by atoms with van der Waals surface area (Å²) in [5, 5.41) is 18.0. The van der Waals surface area contributed by atoms with Crippen molar-refractivity contribution in [3.63, 3.8) is 0 Å². The predicted octanol–water partition coefficient (Wildman–Crippen LogP) is 4.62. The van der Waals surface area contributed by atoms with Crippen molar-refractivity contribution in [1.29, 1.82) is 0 Å². The summed E-state index contributed by atoms with van der Waals surface area (Å²) in [6.45, 7) is 14.4. The fraction of sp³-hybridized carbons (Fsp3) is 0.576. The maximum Gasteiger partial charge on any atom is 0.246 e. The topological polar surface area (TPSA) is 248 Å². The second kappa shape index (κ2) is 24.4. The minimum Gasteiger partial charge on any atom is -0.349 e. The molecule has 3 heterocycles. The van der Waals surface area contributed by atoms with E-state index in [0.717, 1.165) is 60.1 Å². The summed E-state index contributed by atoms with van der Waals surface area (Å²) in [4.78, 5) is 133. The number of carbonyl (C=O) groups excluding carboxylic acids is 8. The van der Waals surface area contributed by atoms with Gasteiger partial charge in [-0.25, -0.2) is 0 Å². The third-order valence-corrected chi connectivity index (χ3v) is 16.2. The third kappa shape index (κ3) is 13.8. The fourth-order valence-electron chi connectivity index (χ4n) is 11.5. The molecule has 2 saturated heterocycles. The van der Waals surface area contributed by atoms with Gasteiger partial charge in [-0.05, 0) is 124 Å². The van der Waals surface area contributed by atoms with Gasteiger partial charge in [-0.3, -0.25) is 43.2 Å². The number of ketones is 2. The van der Waals surface area contributed by atoms with Gasteiger partial charge in [-0.2, -0.15) is 0 Å². The molecule has 1 aromatic heterocycles. The highest BCUT2D eigenvalue weighted by Gasteiger charge is 2.48. The highest BCUT2D eigenvalue weighted by atomic mass is 16.2. The maximum absolute atomic E-state index is 14.7. The van der Waals surface area contributed by atoms with Crippen molar-refractivity contribution in [2.75, 3.05) is 27.2 Å². The molecular formula is C59H81N9O9. The van der Waals surface area contributed by atoms with Crippen LogP contribution in [0.1, 0.15) is 162 Å². The molecule has 0 unspecified atom stereocenters. The van der Waals surface area contributed by atoms with E-state index in [1.807, 2.05) is 77.9 Å². The van der Waals surface area contributed by atoms with Crippen LogP contribution in [0.15, 0.2) is 65.5 Å². The first-order valence-electron chi connectivity index (χ1n) is 27.5. The van der Waals surface area contributed by atoms with Gasteiger partial charge in [0.25, 0.3) is 0 Å². The van der Waals surface area contributed by atoms with E-state index in [-0.39, 0.29) is 85.9 Å². The lowest BCUT2D eigenvalue weighted by Crippen LogP contribution is -2.59. The number of nitrogens with one attached hydrogen (secondary N) is 7. The van der Waals surface area contributed by atoms with Gasteiger partial charge >= 0.3 is 0 Å². The van der Waals surface area contributed by atoms with Gasteiger partial charge in [0.2, 0.25) is 35.4 Å². The summed E-state index contributed by atoms with van der Waals surface area (Å²) in [6.07, 6.45) is 4.87. The Morgan fingerprint density at radius 1 is 0.597 bits per heavy atom. The number of nitrogens with zero attached hydrogens (tertiary/aromatic N) is 2. The molecule has 18 heteroatoms. The number of benzene rings is 2. The first-order valence-corrected chi connectivity index (χ1v) is 27.5. The summed E-state index contributed by atoms with van der Waals surface area (Å²) >= 11 is 0. The molecule has 2 aliphatic heterocycles. The number of fused-ring (bicyclic) bond motifs is 2. The van der Waals surface area contributed by atoms with Gasteiger partial charge in [0.15, 0.2) is 17.0 Å². The van der Waals surface area contributed by atoms with Crippen LogP contribution in [0, 0.1) is 22.7 Å².